The Bertz CT molecular complexity index is 215. The van der Waals surface area contributed by atoms with Gasteiger partial charge in [0.2, 0.25) is 0 Å². The maximum Gasteiger partial charge on any atom is 0.303 e. The molecule has 0 aliphatic heterocycles. The van der Waals surface area contributed by atoms with Crippen molar-refractivity contribution in [3.05, 3.63) is 0 Å². The normalized spacial score (nSPS) is 15.0. The van der Waals surface area contributed by atoms with Gasteiger partial charge in [-0.15, -0.1) is 0 Å². The molecule has 0 aromatic carbocycles. The molecule has 0 heterocycles. The van der Waals surface area contributed by atoms with Crippen LogP contribution in [0.3, 0.4) is 0 Å². The quantitative estimate of drug-likeness (QED) is 0.506. The van der Waals surface area contributed by atoms with E-state index < -0.39 is 13.3 Å². The van der Waals surface area contributed by atoms with Crippen molar-refractivity contribution in [3.8, 4) is 0 Å². The summed E-state index contributed by atoms with van der Waals surface area (Å²) < 4.78 is 16.9. The van der Waals surface area contributed by atoms with Gasteiger partial charge in [0.25, 0.3) is 0 Å². The van der Waals surface area contributed by atoms with Crippen LogP contribution >= 0.6 is 7.37 Å². The van der Waals surface area contributed by atoms with Gasteiger partial charge in [0, 0.05) is 19.2 Å². The van der Waals surface area contributed by atoms with Crippen LogP contribution in [0.1, 0.15) is 32.6 Å². The fourth-order valence-electron chi connectivity index (χ4n) is 0.984. The summed E-state index contributed by atoms with van der Waals surface area (Å²) in [6, 6.07) is 0. The predicted molar refractivity (Wildman–Crippen MR) is 56.1 cm³/mol. The molecule has 0 saturated heterocycles. The molecule has 0 aliphatic rings. The Balaban J connectivity index is 3.61. The molecule has 84 valence electrons. The molecule has 0 fully saturated rings. The van der Waals surface area contributed by atoms with Gasteiger partial charge >= 0.3 is 5.97 Å². The van der Waals surface area contributed by atoms with Gasteiger partial charge in [-0.2, -0.15) is 0 Å². The Morgan fingerprint density at radius 2 is 2.07 bits per heavy atom. The summed E-state index contributed by atoms with van der Waals surface area (Å²) in [7, 11) is -2.54. The van der Waals surface area contributed by atoms with Gasteiger partial charge in [0.15, 0.2) is 7.37 Å². The van der Waals surface area contributed by atoms with E-state index in [-0.39, 0.29) is 6.42 Å². The molecule has 0 aliphatic carbocycles. The zero-order valence-corrected chi connectivity index (χ0v) is 9.76. The van der Waals surface area contributed by atoms with Crippen molar-refractivity contribution in [2.45, 2.75) is 32.6 Å². The van der Waals surface area contributed by atoms with Crippen molar-refractivity contribution in [1.82, 2.24) is 0 Å². The van der Waals surface area contributed by atoms with Crippen LogP contribution in [0.15, 0.2) is 0 Å². The molecule has 0 bridgehead atoms. The Hall–Kier alpha value is -0.340. The van der Waals surface area contributed by atoms with Crippen LogP contribution in [0, 0.1) is 0 Å². The van der Waals surface area contributed by atoms with Gasteiger partial charge in [-0.3, -0.25) is 9.36 Å². The molecule has 4 nitrogen and oxygen atoms in total. The Kier molecular flexibility index (Phi) is 6.85. The number of unbranched alkanes of at least 4 members (excludes halogenated alkanes) is 1. The molecule has 0 aromatic heterocycles. The minimum atomic E-state index is -2.54. The molecule has 1 unspecified atom stereocenters. The van der Waals surface area contributed by atoms with Crippen molar-refractivity contribution in [2.75, 3.05) is 19.4 Å². The average molecular weight is 222 g/mol. The van der Waals surface area contributed by atoms with Gasteiger partial charge in [-0.25, -0.2) is 0 Å². The van der Waals surface area contributed by atoms with Gasteiger partial charge in [0.05, 0.1) is 6.61 Å². The molecule has 1 N–H and O–H groups in total. The van der Waals surface area contributed by atoms with Gasteiger partial charge < -0.3 is 9.63 Å². The first-order chi connectivity index (χ1) is 6.48. The lowest BCUT2D eigenvalue weighted by Crippen LogP contribution is -2.00. The maximum absolute atomic E-state index is 11.7. The highest BCUT2D eigenvalue weighted by Crippen LogP contribution is 2.43. The lowest BCUT2D eigenvalue weighted by atomic mass is 10.3. The SMILES string of the molecule is CCCCOP(C)(=O)CCCC(=O)O. The first kappa shape index (κ1) is 13.7. The second-order valence-corrected chi connectivity index (χ2v) is 6.16. The van der Waals surface area contributed by atoms with Crippen LogP contribution in [0.4, 0.5) is 0 Å². The zero-order chi connectivity index (χ0) is 11.0. The number of carboxylic acid groups (broad SMARTS) is 1. The molecule has 0 radical (unpaired) electrons. The molecule has 0 amide bonds. The lowest BCUT2D eigenvalue weighted by molar-refractivity contribution is -0.137. The standard InChI is InChI=1S/C9H19O4P/c1-3-4-7-13-14(2,12)8-5-6-9(10)11/h3-8H2,1-2H3,(H,10,11). The van der Waals surface area contributed by atoms with E-state index in [9.17, 15) is 9.36 Å². The Labute approximate surface area is 85.1 Å². The highest BCUT2D eigenvalue weighted by molar-refractivity contribution is 7.58. The molecular formula is C9H19O4P. The first-order valence-corrected chi connectivity index (χ1v) is 7.16. The maximum atomic E-state index is 11.7. The summed E-state index contributed by atoms with van der Waals surface area (Å²) in [5, 5.41) is 8.39. The third-order valence-electron chi connectivity index (χ3n) is 1.82. The highest BCUT2D eigenvalue weighted by atomic mass is 31.2. The van der Waals surface area contributed by atoms with Crippen LogP contribution in [0.25, 0.3) is 0 Å². The summed E-state index contributed by atoms with van der Waals surface area (Å²) >= 11 is 0. The van der Waals surface area contributed by atoms with Crippen molar-refractivity contribution < 1.29 is 19.0 Å². The summed E-state index contributed by atoms with van der Waals surface area (Å²) in [5.74, 6) is -0.849. The minimum Gasteiger partial charge on any atom is -0.481 e. The van der Waals surface area contributed by atoms with Crippen LogP contribution in [-0.2, 0) is 13.9 Å². The fourth-order valence-corrected chi connectivity index (χ4v) is 2.36. The smallest absolute Gasteiger partial charge is 0.303 e. The number of aliphatic carboxylic acids is 1. The van der Waals surface area contributed by atoms with E-state index >= 15 is 0 Å². The molecule has 0 rings (SSSR count). The van der Waals surface area contributed by atoms with E-state index in [1.165, 1.54) is 0 Å². The van der Waals surface area contributed by atoms with E-state index in [0.29, 0.717) is 19.2 Å². The summed E-state index contributed by atoms with van der Waals surface area (Å²) in [6.45, 7) is 4.12. The predicted octanol–water partition coefficient (Wildman–Crippen LogP) is 2.58. The molecule has 14 heavy (non-hydrogen) atoms. The number of hydrogen-bond donors (Lipinski definition) is 1. The van der Waals surface area contributed by atoms with Crippen molar-refractivity contribution in [2.24, 2.45) is 0 Å². The van der Waals surface area contributed by atoms with E-state index in [4.69, 9.17) is 9.63 Å². The van der Waals surface area contributed by atoms with Crippen molar-refractivity contribution >= 4 is 13.3 Å². The Morgan fingerprint density at radius 1 is 1.43 bits per heavy atom. The molecule has 5 heteroatoms. The third-order valence-corrected chi connectivity index (χ3v) is 3.67. The number of carboxylic acids is 1. The summed E-state index contributed by atoms with van der Waals surface area (Å²) in [5.41, 5.74) is 0. The number of carbonyl (C=O) groups is 1. The second-order valence-electron chi connectivity index (χ2n) is 3.42. The second kappa shape index (κ2) is 7.02. The first-order valence-electron chi connectivity index (χ1n) is 4.91. The monoisotopic (exact) mass is 222 g/mol. The van der Waals surface area contributed by atoms with Gasteiger partial charge in [-0.05, 0) is 12.8 Å². The zero-order valence-electron chi connectivity index (χ0n) is 8.86. The number of hydrogen-bond acceptors (Lipinski definition) is 3. The topological polar surface area (TPSA) is 63.6 Å². The van der Waals surface area contributed by atoms with Crippen molar-refractivity contribution in [3.63, 3.8) is 0 Å². The molecule has 0 spiro atoms. The van der Waals surface area contributed by atoms with Gasteiger partial charge in [-0.1, -0.05) is 13.3 Å². The van der Waals surface area contributed by atoms with E-state index in [0.717, 1.165) is 12.8 Å². The van der Waals surface area contributed by atoms with Crippen LogP contribution in [0.2, 0.25) is 0 Å². The number of rotatable bonds is 8. The van der Waals surface area contributed by atoms with E-state index in [2.05, 4.69) is 0 Å². The van der Waals surface area contributed by atoms with Crippen molar-refractivity contribution in [1.29, 1.82) is 0 Å². The molecule has 1 atom stereocenters. The van der Waals surface area contributed by atoms with Crippen LogP contribution in [-0.4, -0.2) is 30.5 Å². The van der Waals surface area contributed by atoms with Crippen LogP contribution < -0.4 is 0 Å². The minimum absolute atomic E-state index is 0.0645. The van der Waals surface area contributed by atoms with E-state index in [1.54, 1.807) is 6.66 Å². The summed E-state index contributed by atoms with van der Waals surface area (Å²) in [6.07, 6.45) is 2.76. The highest BCUT2D eigenvalue weighted by Gasteiger charge is 2.15. The van der Waals surface area contributed by atoms with Crippen LogP contribution in [0.5, 0.6) is 0 Å². The third kappa shape index (κ3) is 8.27. The fraction of sp³-hybridized carbons (Fsp3) is 0.889. The summed E-state index contributed by atoms with van der Waals surface area (Å²) in [4.78, 5) is 10.2. The van der Waals surface area contributed by atoms with Gasteiger partial charge in [0.1, 0.15) is 0 Å². The van der Waals surface area contributed by atoms with E-state index in [1.807, 2.05) is 6.92 Å². The average Bonchev–Trinajstić information content (AvgIpc) is 2.03. The largest absolute Gasteiger partial charge is 0.481 e. The lowest BCUT2D eigenvalue weighted by Gasteiger charge is -2.12. The molecule has 0 aromatic rings. The Morgan fingerprint density at radius 3 is 2.57 bits per heavy atom. The molecule has 0 saturated carbocycles. The molecular weight excluding hydrogens is 203 g/mol.